The Morgan fingerprint density at radius 3 is 2.92 bits per heavy atom. The number of halogens is 1. The lowest BCUT2D eigenvalue weighted by atomic mass is 10.1. The zero-order valence-electron chi connectivity index (χ0n) is 13.9. The molecule has 0 saturated carbocycles. The summed E-state index contributed by atoms with van der Waals surface area (Å²) in [6.45, 7) is 4.39. The summed E-state index contributed by atoms with van der Waals surface area (Å²) in [4.78, 5) is 19.4. The van der Waals surface area contributed by atoms with Gasteiger partial charge in [0, 0.05) is 17.9 Å². The molecule has 1 unspecified atom stereocenters. The molecule has 1 aliphatic heterocycles. The van der Waals surface area contributed by atoms with Gasteiger partial charge in [0.15, 0.2) is 0 Å². The smallest absolute Gasteiger partial charge is 0.257 e. The number of aromatic nitrogens is 3. The minimum Gasteiger partial charge on any atom is -0.330 e. The summed E-state index contributed by atoms with van der Waals surface area (Å²) in [5.41, 5.74) is 2.38. The fourth-order valence-corrected chi connectivity index (χ4v) is 3.07. The van der Waals surface area contributed by atoms with Crippen LogP contribution in [-0.2, 0) is 6.54 Å². The van der Waals surface area contributed by atoms with Crippen molar-refractivity contribution >= 4 is 18.3 Å². The lowest BCUT2D eigenvalue weighted by Crippen LogP contribution is -2.40. The summed E-state index contributed by atoms with van der Waals surface area (Å²) in [6, 6.07) is 6.06. The van der Waals surface area contributed by atoms with Crippen LogP contribution < -0.4 is 5.32 Å². The van der Waals surface area contributed by atoms with Crippen LogP contribution in [0.4, 0.5) is 0 Å². The Morgan fingerprint density at radius 1 is 1.33 bits per heavy atom. The van der Waals surface area contributed by atoms with E-state index in [9.17, 15) is 4.79 Å². The molecule has 2 N–H and O–H groups in total. The molecule has 1 atom stereocenters. The van der Waals surface area contributed by atoms with E-state index in [-0.39, 0.29) is 24.4 Å². The number of rotatable bonds is 4. The molecule has 0 aliphatic carbocycles. The second-order valence-electron chi connectivity index (χ2n) is 6.00. The highest BCUT2D eigenvalue weighted by Crippen LogP contribution is 2.20. The Labute approximate surface area is 148 Å². The van der Waals surface area contributed by atoms with Crippen LogP contribution in [0.3, 0.4) is 0 Å². The SMILES string of the molecule is Cc1[nH]ncc1C(=O)N(Cc1ccccn1)C1CCCNCC1.Cl. The number of H-pyrrole nitrogens is 1. The summed E-state index contributed by atoms with van der Waals surface area (Å²) in [5, 5.41) is 10.3. The number of nitrogens with zero attached hydrogens (tertiary/aromatic N) is 3. The molecule has 1 amide bonds. The number of hydrogen-bond acceptors (Lipinski definition) is 4. The van der Waals surface area contributed by atoms with E-state index in [0.29, 0.717) is 12.1 Å². The van der Waals surface area contributed by atoms with Gasteiger partial charge in [0.05, 0.1) is 24.0 Å². The van der Waals surface area contributed by atoms with Crippen molar-refractivity contribution in [2.75, 3.05) is 13.1 Å². The zero-order valence-corrected chi connectivity index (χ0v) is 14.7. The maximum absolute atomic E-state index is 13.1. The minimum absolute atomic E-state index is 0. The van der Waals surface area contributed by atoms with Gasteiger partial charge < -0.3 is 10.2 Å². The molecule has 1 fully saturated rings. The average Bonchev–Trinajstić information content (AvgIpc) is 2.84. The van der Waals surface area contributed by atoms with Crippen LogP contribution in [0.2, 0.25) is 0 Å². The minimum atomic E-state index is 0. The predicted molar refractivity (Wildman–Crippen MR) is 95.2 cm³/mol. The van der Waals surface area contributed by atoms with Crippen molar-refractivity contribution in [2.45, 2.75) is 38.8 Å². The monoisotopic (exact) mass is 349 g/mol. The van der Waals surface area contributed by atoms with Crippen LogP contribution >= 0.6 is 12.4 Å². The van der Waals surface area contributed by atoms with Gasteiger partial charge in [0.2, 0.25) is 0 Å². The Bertz CT molecular complexity index is 637. The van der Waals surface area contributed by atoms with E-state index in [4.69, 9.17) is 0 Å². The largest absolute Gasteiger partial charge is 0.330 e. The lowest BCUT2D eigenvalue weighted by molar-refractivity contribution is 0.0641. The van der Waals surface area contributed by atoms with Crippen LogP contribution in [0.15, 0.2) is 30.6 Å². The van der Waals surface area contributed by atoms with Gasteiger partial charge in [0.25, 0.3) is 5.91 Å². The van der Waals surface area contributed by atoms with Crippen LogP contribution in [0, 0.1) is 6.92 Å². The number of carbonyl (C=O) groups excluding carboxylic acids is 1. The normalized spacial score (nSPS) is 17.6. The molecule has 2 aromatic rings. The molecule has 130 valence electrons. The number of aryl methyl sites for hydroxylation is 1. The first-order chi connectivity index (χ1) is 11.3. The Kier molecular flexibility index (Phi) is 6.75. The van der Waals surface area contributed by atoms with E-state index in [2.05, 4.69) is 20.5 Å². The lowest BCUT2D eigenvalue weighted by Gasteiger charge is -2.31. The third-order valence-electron chi connectivity index (χ3n) is 4.37. The summed E-state index contributed by atoms with van der Waals surface area (Å²) in [7, 11) is 0. The highest BCUT2D eigenvalue weighted by molar-refractivity contribution is 5.95. The molecule has 3 heterocycles. The zero-order chi connectivity index (χ0) is 16.1. The van der Waals surface area contributed by atoms with Gasteiger partial charge in [-0.15, -0.1) is 12.4 Å². The third kappa shape index (κ3) is 4.33. The number of carbonyl (C=O) groups is 1. The maximum Gasteiger partial charge on any atom is 0.257 e. The van der Waals surface area contributed by atoms with Crippen LogP contribution in [0.5, 0.6) is 0 Å². The van der Waals surface area contributed by atoms with Gasteiger partial charge >= 0.3 is 0 Å². The highest BCUT2D eigenvalue weighted by atomic mass is 35.5. The third-order valence-corrected chi connectivity index (χ3v) is 4.37. The summed E-state index contributed by atoms with van der Waals surface area (Å²) >= 11 is 0. The van der Waals surface area contributed by atoms with Crippen molar-refractivity contribution < 1.29 is 4.79 Å². The number of aromatic amines is 1. The molecule has 24 heavy (non-hydrogen) atoms. The standard InChI is InChI=1S/C17H23N5O.ClH/c1-13-16(11-20-21-13)17(23)22(12-14-5-2-3-9-19-14)15-6-4-8-18-10-7-15;/h2-3,5,9,11,15,18H,4,6-8,10,12H2,1H3,(H,20,21);1H. The molecule has 7 heteroatoms. The summed E-state index contributed by atoms with van der Waals surface area (Å²) in [5.74, 6) is 0.0359. The van der Waals surface area contributed by atoms with Crippen LogP contribution in [0.1, 0.15) is 41.0 Å². The van der Waals surface area contributed by atoms with E-state index < -0.39 is 0 Å². The van der Waals surface area contributed by atoms with Gasteiger partial charge in [-0.25, -0.2) is 0 Å². The first kappa shape index (κ1) is 18.4. The highest BCUT2D eigenvalue weighted by Gasteiger charge is 2.27. The molecule has 1 saturated heterocycles. The predicted octanol–water partition coefficient (Wildman–Crippen LogP) is 2.32. The molecule has 3 rings (SSSR count). The number of hydrogen-bond donors (Lipinski definition) is 2. The van der Waals surface area contributed by atoms with Gasteiger partial charge in [-0.05, 0) is 51.4 Å². The van der Waals surface area contributed by atoms with Gasteiger partial charge in [0.1, 0.15) is 0 Å². The Morgan fingerprint density at radius 2 is 2.21 bits per heavy atom. The second-order valence-corrected chi connectivity index (χ2v) is 6.00. The number of nitrogens with one attached hydrogen (secondary N) is 2. The molecular formula is C17H24ClN5O. The van der Waals surface area contributed by atoms with Crippen molar-refractivity contribution in [3.63, 3.8) is 0 Å². The van der Waals surface area contributed by atoms with Crippen molar-refractivity contribution in [2.24, 2.45) is 0 Å². The first-order valence-corrected chi connectivity index (χ1v) is 8.17. The Balaban J connectivity index is 0.00000208. The van der Waals surface area contributed by atoms with E-state index >= 15 is 0 Å². The summed E-state index contributed by atoms with van der Waals surface area (Å²) < 4.78 is 0. The molecule has 0 spiro atoms. The topological polar surface area (TPSA) is 73.9 Å². The molecule has 2 aromatic heterocycles. The van der Waals surface area contributed by atoms with Crippen LogP contribution in [0.25, 0.3) is 0 Å². The van der Waals surface area contributed by atoms with E-state index in [1.165, 1.54) is 0 Å². The van der Waals surface area contributed by atoms with E-state index in [0.717, 1.165) is 43.7 Å². The average molecular weight is 350 g/mol. The molecule has 0 bridgehead atoms. The van der Waals surface area contributed by atoms with Crippen LogP contribution in [-0.4, -0.2) is 45.1 Å². The van der Waals surface area contributed by atoms with Gasteiger partial charge in [-0.2, -0.15) is 5.10 Å². The quantitative estimate of drug-likeness (QED) is 0.888. The maximum atomic E-state index is 13.1. The van der Waals surface area contributed by atoms with Crippen molar-refractivity contribution in [1.82, 2.24) is 25.4 Å². The van der Waals surface area contributed by atoms with E-state index in [1.54, 1.807) is 12.4 Å². The van der Waals surface area contributed by atoms with Gasteiger partial charge in [-0.3, -0.25) is 14.9 Å². The molecule has 6 nitrogen and oxygen atoms in total. The first-order valence-electron chi connectivity index (χ1n) is 8.17. The van der Waals surface area contributed by atoms with Crippen molar-refractivity contribution in [3.8, 4) is 0 Å². The molecule has 0 aromatic carbocycles. The molecule has 1 aliphatic rings. The molecule has 0 radical (unpaired) electrons. The number of amides is 1. The fourth-order valence-electron chi connectivity index (χ4n) is 3.07. The van der Waals surface area contributed by atoms with E-state index in [1.807, 2.05) is 30.0 Å². The summed E-state index contributed by atoms with van der Waals surface area (Å²) in [6.07, 6.45) is 6.47. The number of pyridine rings is 1. The fraction of sp³-hybridized carbons (Fsp3) is 0.471. The van der Waals surface area contributed by atoms with Gasteiger partial charge in [-0.1, -0.05) is 6.07 Å². The Hall–Kier alpha value is -1.92. The van der Waals surface area contributed by atoms with Crippen molar-refractivity contribution in [3.05, 3.63) is 47.5 Å². The second kappa shape index (κ2) is 8.80. The molecular weight excluding hydrogens is 326 g/mol. The van der Waals surface area contributed by atoms with Crippen molar-refractivity contribution in [1.29, 1.82) is 0 Å².